The van der Waals surface area contributed by atoms with Gasteiger partial charge in [-0.1, -0.05) is 0 Å². The van der Waals surface area contributed by atoms with Gasteiger partial charge in [0.25, 0.3) is 0 Å². The van der Waals surface area contributed by atoms with E-state index in [1.165, 1.54) is 19.3 Å². The number of hydrogen-bond acceptors (Lipinski definition) is 5. The summed E-state index contributed by atoms with van der Waals surface area (Å²) in [6.07, 6.45) is 5.85. The molecular formula is C12H23N5S. The van der Waals surface area contributed by atoms with Gasteiger partial charge < -0.3 is 5.32 Å². The smallest absolute Gasteiger partial charge is 0.165 e. The Kier molecular flexibility index (Phi) is 4.27. The maximum absolute atomic E-state index is 4.17. The van der Waals surface area contributed by atoms with E-state index in [0.717, 1.165) is 17.6 Å². The van der Waals surface area contributed by atoms with Gasteiger partial charge in [0.15, 0.2) is 5.82 Å². The minimum absolute atomic E-state index is 0.0915. The van der Waals surface area contributed by atoms with Gasteiger partial charge in [0.1, 0.15) is 0 Å². The molecule has 0 saturated heterocycles. The molecule has 18 heavy (non-hydrogen) atoms. The second kappa shape index (κ2) is 5.57. The Morgan fingerprint density at radius 1 is 1.39 bits per heavy atom. The van der Waals surface area contributed by atoms with E-state index in [-0.39, 0.29) is 5.54 Å². The first-order valence-corrected chi connectivity index (χ1v) is 7.83. The van der Waals surface area contributed by atoms with E-state index in [2.05, 4.69) is 47.9 Å². The van der Waals surface area contributed by atoms with Crippen molar-refractivity contribution >= 4 is 11.8 Å². The molecule has 0 radical (unpaired) electrons. The summed E-state index contributed by atoms with van der Waals surface area (Å²) in [5.41, 5.74) is 0.0915. The highest BCUT2D eigenvalue weighted by Gasteiger charge is 2.28. The molecule has 102 valence electrons. The van der Waals surface area contributed by atoms with Gasteiger partial charge in [-0.05, 0) is 56.7 Å². The third kappa shape index (κ3) is 3.45. The van der Waals surface area contributed by atoms with Crippen molar-refractivity contribution in [1.82, 2.24) is 25.5 Å². The predicted octanol–water partition coefficient (Wildman–Crippen LogP) is 2.02. The molecule has 1 aromatic heterocycles. The van der Waals surface area contributed by atoms with Crippen LogP contribution in [-0.4, -0.2) is 37.3 Å². The molecule has 2 rings (SSSR count). The van der Waals surface area contributed by atoms with Crippen molar-refractivity contribution in [3.05, 3.63) is 5.82 Å². The maximum Gasteiger partial charge on any atom is 0.165 e. The molecule has 1 N–H and O–H groups in total. The van der Waals surface area contributed by atoms with Gasteiger partial charge in [0, 0.05) is 10.8 Å². The lowest BCUT2D eigenvalue weighted by Crippen LogP contribution is -2.36. The van der Waals surface area contributed by atoms with E-state index in [9.17, 15) is 0 Å². The first-order valence-electron chi connectivity index (χ1n) is 6.54. The summed E-state index contributed by atoms with van der Waals surface area (Å²) < 4.78 is 2.02. The van der Waals surface area contributed by atoms with Crippen molar-refractivity contribution in [3.8, 4) is 0 Å². The Balaban J connectivity index is 2.00. The Hall–Kier alpha value is -0.620. The summed E-state index contributed by atoms with van der Waals surface area (Å²) in [5, 5.41) is 16.4. The van der Waals surface area contributed by atoms with Crippen LogP contribution < -0.4 is 5.32 Å². The fourth-order valence-corrected chi connectivity index (χ4v) is 3.10. The van der Waals surface area contributed by atoms with Gasteiger partial charge >= 0.3 is 0 Å². The van der Waals surface area contributed by atoms with Crippen LogP contribution in [-0.2, 0) is 6.54 Å². The highest BCUT2D eigenvalue weighted by Crippen LogP contribution is 2.35. The zero-order valence-corrected chi connectivity index (χ0v) is 12.5. The molecule has 2 atom stereocenters. The van der Waals surface area contributed by atoms with E-state index >= 15 is 0 Å². The normalized spacial score (nSPS) is 24.7. The number of rotatable bonds is 4. The summed E-state index contributed by atoms with van der Waals surface area (Å²) in [4.78, 5) is 0. The van der Waals surface area contributed by atoms with Crippen LogP contribution in [0.4, 0.5) is 0 Å². The molecule has 1 aromatic rings. The predicted molar refractivity (Wildman–Crippen MR) is 74.6 cm³/mol. The number of aromatic nitrogens is 4. The molecular weight excluding hydrogens is 246 g/mol. The molecule has 1 fully saturated rings. The topological polar surface area (TPSA) is 55.6 Å². The molecule has 0 amide bonds. The highest BCUT2D eigenvalue weighted by molar-refractivity contribution is 7.99. The van der Waals surface area contributed by atoms with E-state index in [1.54, 1.807) is 0 Å². The number of nitrogens with zero attached hydrogens (tertiary/aromatic N) is 4. The van der Waals surface area contributed by atoms with Crippen molar-refractivity contribution in [2.45, 2.75) is 63.4 Å². The highest BCUT2D eigenvalue weighted by atomic mass is 32.2. The monoisotopic (exact) mass is 269 g/mol. The zero-order chi connectivity index (χ0) is 13.2. The van der Waals surface area contributed by atoms with Crippen LogP contribution in [0.3, 0.4) is 0 Å². The van der Waals surface area contributed by atoms with Crippen LogP contribution in [0, 0.1) is 0 Å². The average Bonchev–Trinajstić information content (AvgIpc) is 2.93. The van der Waals surface area contributed by atoms with Gasteiger partial charge in [-0.3, -0.25) is 0 Å². The maximum atomic E-state index is 4.17. The van der Waals surface area contributed by atoms with Crippen molar-refractivity contribution in [1.29, 1.82) is 0 Å². The van der Waals surface area contributed by atoms with Crippen molar-refractivity contribution in [2.75, 3.05) is 6.26 Å². The fourth-order valence-electron chi connectivity index (χ4n) is 2.31. The SMILES string of the molecule is CSC1CCC(n2nnnc2CNC(C)(C)C)C1. The second-order valence-corrected chi connectivity index (χ2v) is 7.11. The van der Waals surface area contributed by atoms with Crippen molar-refractivity contribution < 1.29 is 0 Å². The summed E-state index contributed by atoms with van der Waals surface area (Å²) in [6.45, 7) is 7.19. The first kappa shape index (κ1) is 13.8. The van der Waals surface area contributed by atoms with Crippen LogP contribution in [0.25, 0.3) is 0 Å². The van der Waals surface area contributed by atoms with E-state index < -0.39 is 0 Å². The second-order valence-electron chi connectivity index (χ2n) is 5.97. The lowest BCUT2D eigenvalue weighted by atomic mass is 10.1. The molecule has 0 bridgehead atoms. The molecule has 0 spiro atoms. The van der Waals surface area contributed by atoms with Gasteiger partial charge in [0.05, 0.1) is 12.6 Å². The fraction of sp³-hybridized carbons (Fsp3) is 0.917. The molecule has 0 aromatic carbocycles. The molecule has 1 aliphatic carbocycles. The standard InChI is InChI=1S/C12H23N5S/c1-12(2,3)13-8-11-14-15-16-17(11)9-5-6-10(7-9)18-4/h9-10,13H,5-8H2,1-4H3. The molecule has 2 unspecified atom stereocenters. The third-order valence-electron chi connectivity index (χ3n) is 3.37. The third-order valence-corrected chi connectivity index (χ3v) is 4.47. The zero-order valence-electron chi connectivity index (χ0n) is 11.7. The van der Waals surface area contributed by atoms with Crippen molar-refractivity contribution in [2.24, 2.45) is 0 Å². The largest absolute Gasteiger partial charge is 0.305 e. The summed E-state index contributed by atoms with van der Waals surface area (Å²) in [5.74, 6) is 0.955. The molecule has 1 heterocycles. The first-order chi connectivity index (χ1) is 8.49. The Morgan fingerprint density at radius 3 is 2.78 bits per heavy atom. The Bertz CT molecular complexity index is 384. The van der Waals surface area contributed by atoms with E-state index in [0.29, 0.717) is 6.04 Å². The van der Waals surface area contributed by atoms with Crippen LogP contribution in [0.1, 0.15) is 51.9 Å². The van der Waals surface area contributed by atoms with Gasteiger partial charge in [0.2, 0.25) is 0 Å². The summed E-state index contributed by atoms with van der Waals surface area (Å²) in [6, 6.07) is 0.481. The minimum Gasteiger partial charge on any atom is -0.305 e. The van der Waals surface area contributed by atoms with E-state index in [4.69, 9.17) is 0 Å². The lowest BCUT2D eigenvalue weighted by molar-refractivity contribution is 0.387. The van der Waals surface area contributed by atoms with Crippen LogP contribution in [0.5, 0.6) is 0 Å². The number of hydrogen-bond donors (Lipinski definition) is 1. The number of tetrazole rings is 1. The molecule has 6 heteroatoms. The van der Waals surface area contributed by atoms with Gasteiger partial charge in [-0.2, -0.15) is 11.8 Å². The van der Waals surface area contributed by atoms with Crippen LogP contribution in [0.2, 0.25) is 0 Å². The van der Waals surface area contributed by atoms with Crippen LogP contribution in [0.15, 0.2) is 0 Å². The lowest BCUT2D eigenvalue weighted by Gasteiger charge is -2.20. The molecule has 1 saturated carbocycles. The van der Waals surface area contributed by atoms with Gasteiger partial charge in [-0.15, -0.1) is 5.10 Å². The summed E-state index contributed by atoms with van der Waals surface area (Å²) >= 11 is 1.96. The number of thioether (sulfide) groups is 1. The van der Waals surface area contributed by atoms with Gasteiger partial charge in [-0.25, -0.2) is 4.68 Å². The molecule has 0 aliphatic heterocycles. The average molecular weight is 269 g/mol. The minimum atomic E-state index is 0.0915. The Labute approximate surface area is 113 Å². The summed E-state index contributed by atoms with van der Waals surface area (Å²) in [7, 11) is 0. The molecule has 5 nitrogen and oxygen atoms in total. The van der Waals surface area contributed by atoms with Crippen molar-refractivity contribution in [3.63, 3.8) is 0 Å². The Morgan fingerprint density at radius 2 is 2.17 bits per heavy atom. The molecule has 1 aliphatic rings. The van der Waals surface area contributed by atoms with Crippen LogP contribution >= 0.6 is 11.8 Å². The quantitative estimate of drug-likeness (QED) is 0.906. The van der Waals surface area contributed by atoms with E-state index in [1.807, 2.05) is 16.4 Å². The number of nitrogens with one attached hydrogen (secondary N) is 1.